The number of amides is 1. The standard InChI is InChI=1S/C21H30F3N3O3S/c1-13(2)9-19(25-3)20(28)27-11-14-7-8-18(17(14)12-27)26-31(29,30)16-6-4-5-15(10-16)21(22,23)24/h4-6,10,13-14,17-19,25-26H,7-9,11-12H2,1-3H3/t14-,17+,18+,19+/m1/s1. The van der Waals surface area contributed by atoms with E-state index in [1.54, 1.807) is 11.9 Å². The molecule has 0 radical (unpaired) electrons. The first-order chi connectivity index (χ1) is 14.4. The normalized spacial score (nSPS) is 25.1. The lowest BCUT2D eigenvalue weighted by molar-refractivity contribution is -0.137. The highest BCUT2D eigenvalue weighted by atomic mass is 32.2. The second-order valence-electron chi connectivity index (χ2n) is 8.97. The largest absolute Gasteiger partial charge is 0.416 e. The molecule has 2 aliphatic rings. The van der Waals surface area contributed by atoms with Gasteiger partial charge in [-0.2, -0.15) is 13.2 Å². The summed E-state index contributed by atoms with van der Waals surface area (Å²) in [6, 6.07) is 3.08. The molecular weight excluding hydrogens is 431 g/mol. The number of fused-ring (bicyclic) bond motifs is 1. The van der Waals surface area contributed by atoms with Gasteiger partial charge in [-0.15, -0.1) is 0 Å². The quantitative estimate of drug-likeness (QED) is 0.655. The Balaban J connectivity index is 1.70. The predicted molar refractivity (Wildman–Crippen MR) is 111 cm³/mol. The second-order valence-corrected chi connectivity index (χ2v) is 10.7. The SMILES string of the molecule is CN[C@@H](CC(C)C)C(=O)N1C[C@H]2CC[C@H](NS(=O)(=O)c3cccc(C(F)(F)F)c3)[C@H]2C1. The van der Waals surface area contributed by atoms with E-state index in [0.717, 1.165) is 24.6 Å². The molecule has 1 aliphatic carbocycles. The molecular formula is C21H30F3N3O3S. The smallest absolute Gasteiger partial charge is 0.341 e. The number of hydrogen-bond donors (Lipinski definition) is 2. The Morgan fingerprint density at radius 3 is 2.55 bits per heavy atom. The Kier molecular flexibility index (Phi) is 7.02. The zero-order chi connectivity index (χ0) is 23.0. The number of sulfonamides is 1. The molecule has 1 amide bonds. The lowest BCUT2D eigenvalue weighted by Gasteiger charge is -2.26. The average molecular weight is 462 g/mol. The Hall–Kier alpha value is -1.65. The van der Waals surface area contributed by atoms with Crippen LogP contribution in [-0.2, 0) is 21.0 Å². The number of halogens is 3. The van der Waals surface area contributed by atoms with Crippen molar-refractivity contribution in [3.05, 3.63) is 29.8 Å². The van der Waals surface area contributed by atoms with E-state index in [4.69, 9.17) is 0 Å². The van der Waals surface area contributed by atoms with Gasteiger partial charge in [0.15, 0.2) is 0 Å². The van der Waals surface area contributed by atoms with Gasteiger partial charge in [-0.25, -0.2) is 13.1 Å². The number of carbonyl (C=O) groups excluding carboxylic acids is 1. The zero-order valence-electron chi connectivity index (χ0n) is 17.9. The van der Waals surface area contributed by atoms with Crippen molar-refractivity contribution >= 4 is 15.9 Å². The molecule has 1 saturated carbocycles. The van der Waals surface area contributed by atoms with Gasteiger partial charge < -0.3 is 10.2 Å². The van der Waals surface area contributed by atoms with E-state index in [1.807, 2.05) is 0 Å². The molecule has 31 heavy (non-hydrogen) atoms. The summed E-state index contributed by atoms with van der Waals surface area (Å²) in [5, 5.41) is 3.07. The summed E-state index contributed by atoms with van der Waals surface area (Å²) in [7, 11) is -2.35. The molecule has 0 bridgehead atoms. The van der Waals surface area contributed by atoms with E-state index in [9.17, 15) is 26.4 Å². The number of nitrogens with zero attached hydrogens (tertiary/aromatic N) is 1. The van der Waals surface area contributed by atoms with Crippen LogP contribution in [0, 0.1) is 17.8 Å². The number of rotatable bonds is 7. The number of likely N-dealkylation sites (tertiary alicyclic amines) is 1. The molecule has 4 atom stereocenters. The van der Waals surface area contributed by atoms with Crippen LogP contribution in [0.1, 0.15) is 38.7 Å². The highest BCUT2D eigenvalue weighted by molar-refractivity contribution is 7.89. The molecule has 2 fully saturated rings. The van der Waals surface area contributed by atoms with Gasteiger partial charge in [0.05, 0.1) is 16.5 Å². The van der Waals surface area contributed by atoms with E-state index >= 15 is 0 Å². The summed E-state index contributed by atoms with van der Waals surface area (Å²) in [6.07, 6.45) is -2.52. The van der Waals surface area contributed by atoms with Crippen LogP contribution < -0.4 is 10.0 Å². The molecule has 1 saturated heterocycles. The maximum atomic E-state index is 13.0. The Morgan fingerprint density at radius 2 is 1.94 bits per heavy atom. The molecule has 174 valence electrons. The van der Waals surface area contributed by atoms with E-state index in [-0.39, 0.29) is 23.8 Å². The zero-order valence-corrected chi connectivity index (χ0v) is 18.8. The number of nitrogens with one attached hydrogen (secondary N) is 2. The van der Waals surface area contributed by atoms with Crippen molar-refractivity contribution in [1.82, 2.24) is 14.9 Å². The lowest BCUT2D eigenvalue weighted by atomic mass is 9.98. The fourth-order valence-corrected chi connectivity index (χ4v) is 6.10. The highest BCUT2D eigenvalue weighted by Crippen LogP contribution is 2.39. The van der Waals surface area contributed by atoms with Crippen molar-refractivity contribution in [2.45, 2.75) is 56.3 Å². The summed E-state index contributed by atoms with van der Waals surface area (Å²) in [4.78, 5) is 14.3. The summed E-state index contributed by atoms with van der Waals surface area (Å²) >= 11 is 0. The fraction of sp³-hybridized carbons (Fsp3) is 0.667. The number of benzene rings is 1. The minimum atomic E-state index is -4.61. The van der Waals surface area contributed by atoms with E-state index < -0.39 is 32.7 Å². The van der Waals surface area contributed by atoms with Crippen LogP contribution in [-0.4, -0.2) is 51.4 Å². The van der Waals surface area contributed by atoms with Gasteiger partial charge in [0.2, 0.25) is 15.9 Å². The second kappa shape index (κ2) is 9.07. The number of hydrogen-bond acceptors (Lipinski definition) is 4. The first-order valence-electron chi connectivity index (χ1n) is 10.6. The van der Waals surface area contributed by atoms with Crippen molar-refractivity contribution in [3.63, 3.8) is 0 Å². The van der Waals surface area contributed by atoms with E-state index in [0.29, 0.717) is 37.9 Å². The van der Waals surface area contributed by atoms with E-state index in [2.05, 4.69) is 23.9 Å². The number of carbonyl (C=O) groups is 1. The van der Waals surface area contributed by atoms with Crippen molar-refractivity contribution in [2.24, 2.45) is 17.8 Å². The topological polar surface area (TPSA) is 78.5 Å². The minimum Gasteiger partial charge on any atom is -0.341 e. The Bertz CT molecular complexity index is 905. The molecule has 1 aromatic carbocycles. The van der Waals surface area contributed by atoms with Crippen molar-refractivity contribution < 1.29 is 26.4 Å². The van der Waals surface area contributed by atoms with Crippen LogP contribution >= 0.6 is 0 Å². The molecule has 6 nitrogen and oxygen atoms in total. The first-order valence-corrected chi connectivity index (χ1v) is 12.1. The predicted octanol–water partition coefficient (Wildman–Crippen LogP) is 2.85. The molecule has 1 aromatic rings. The van der Waals surface area contributed by atoms with Crippen LogP contribution in [0.15, 0.2) is 29.2 Å². The van der Waals surface area contributed by atoms with Gasteiger partial charge in [0.25, 0.3) is 0 Å². The molecule has 1 heterocycles. The molecule has 0 unspecified atom stereocenters. The van der Waals surface area contributed by atoms with E-state index in [1.165, 1.54) is 0 Å². The van der Waals surface area contributed by atoms with Crippen LogP contribution in [0.2, 0.25) is 0 Å². The summed E-state index contributed by atoms with van der Waals surface area (Å²) < 4.78 is 67.1. The van der Waals surface area contributed by atoms with Gasteiger partial charge in [0, 0.05) is 19.1 Å². The van der Waals surface area contributed by atoms with Crippen LogP contribution in [0.25, 0.3) is 0 Å². The third-order valence-electron chi connectivity index (χ3n) is 6.30. The maximum Gasteiger partial charge on any atom is 0.416 e. The van der Waals surface area contributed by atoms with Crippen molar-refractivity contribution in [2.75, 3.05) is 20.1 Å². The van der Waals surface area contributed by atoms with Gasteiger partial charge in [0.1, 0.15) is 0 Å². The summed E-state index contributed by atoms with van der Waals surface area (Å²) in [6.45, 7) is 5.14. The maximum absolute atomic E-state index is 13.0. The molecule has 0 spiro atoms. The fourth-order valence-electron chi connectivity index (χ4n) is 4.73. The minimum absolute atomic E-state index is 0.0186. The van der Waals surface area contributed by atoms with Crippen LogP contribution in [0.5, 0.6) is 0 Å². The highest BCUT2D eigenvalue weighted by Gasteiger charge is 2.46. The summed E-state index contributed by atoms with van der Waals surface area (Å²) in [5.74, 6) is 0.524. The molecule has 10 heteroatoms. The average Bonchev–Trinajstić information content (AvgIpc) is 3.26. The molecule has 3 rings (SSSR count). The monoisotopic (exact) mass is 461 g/mol. The van der Waals surface area contributed by atoms with Crippen molar-refractivity contribution in [1.29, 1.82) is 0 Å². The summed E-state index contributed by atoms with van der Waals surface area (Å²) in [5.41, 5.74) is -0.999. The number of likely N-dealkylation sites (N-methyl/N-ethyl adjacent to an activating group) is 1. The molecule has 0 aromatic heterocycles. The third kappa shape index (κ3) is 5.40. The van der Waals surface area contributed by atoms with Gasteiger partial charge in [-0.05, 0) is 62.3 Å². The molecule has 1 aliphatic heterocycles. The molecule has 2 N–H and O–H groups in total. The lowest BCUT2D eigenvalue weighted by Crippen LogP contribution is -2.46. The van der Waals surface area contributed by atoms with Gasteiger partial charge in [-0.3, -0.25) is 4.79 Å². The van der Waals surface area contributed by atoms with Gasteiger partial charge >= 0.3 is 6.18 Å². The third-order valence-corrected chi connectivity index (χ3v) is 7.79. The number of alkyl halides is 3. The first kappa shape index (κ1) is 24.0. The Labute approximate surface area is 181 Å². The van der Waals surface area contributed by atoms with Crippen molar-refractivity contribution in [3.8, 4) is 0 Å². The Morgan fingerprint density at radius 1 is 1.23 bits per heavy atom. The van der Waals surface area contributed by atoms with Crippen LogP contribution in [0.3, 0.4) is 0 Å². The van der Waals surface area contributed by atoms with Crippen LogP contribution in [0.4, 0.5) is 13.2 Å². The van der Waals surface area contributed by atoms with Gasteiger partial charge in [-0.1, -0.05) is 19.9 Å².